The van der Waals surface area contributed by atoms with Crippen molar-refractivity contribution in [3.05, 3.63) is 72.3 Å². The normalized spacial score (nSPS) is 21.5. The number of carbonyl (C=O) groups excluding carboxylic acids is 1. The highest BCUT2D eigenvalue weighted by molar-refractivity contribution is 5.83. The van der Waals surface area contributed by atoms with Gasteiger partial charge in [0.1, 0.15) is 11.6 Å². The molecule has 1 aliphatic carbocycles. The summed E-state index contributed by atoms with van der Waals surface area (Å²) in [6.07, 6.45) is 7.97. The smallest absolute Gasteiger partial charge is 0.230 e. The number of nitrogens with zero attached hydrogens (tertiary/aromatic N) is 3. The SMILES string of the molecule is CC1(C(=O)NC2CCCCC2)COC(c2nc(-c3ccc(F)cc3)c(-c3ccnc(NCc4ccco4)n3)[nH]2)OC1. The molecule has 1 aliphatic heterocycles. The standard InChI is InChI=1S/C30H33FN6O4/c1-30(28(38)34-21-6-3-2-4-7-21)17-40-27(41-18-30)26-36-24(19-9-11-20(31)12-10-19)25(37-26)23-13-14-32-29(35-23)33-16-22-8-5-15-39-22/h5,8-15,21,27H,2-4,6-7,16-18H2,1H3,(H,34,38)(H,36,37)(H,32,33,35). The van der Waals surface area contributed by atoms with E-state index in [-0.39, 0.29) is 31.0 Å². The number of carbonyl (C=O) groups is 1. The second-order valence-electron chi connectivity index (χ2n) is 10.9. The van der Waals surface area contributed by atoms with Crippen molar-refractivity contribution in [3.63, 3.8) is 0 Å². The van der Waals surface area contributed by atoms with Crippen LogP contribution in [0.1, 0.15) is 56.9 Å². The lowest BCUT2D eigenvalue weighted by Crippen LogP contribution is -2.51. The van der Waals surface area contributed by atoms with E-state index in [9.17, 15) is 9.18 Å². The van der Waals surface area contributed by atoms with Crippen molar-refractivity contribution in [3.8, 4) is 22.6 Å². The zero-order valence-corrected chi connectivity index (χ0v) is 22.9. The van der Waals surface area contributed by atoms with Crippen molar-refractivity contribution in [2.24, 2.45) is 5.41 Å². The molecule has 2 fully saturated rings. The van der Waals surface area contributed by atoms with E-state index in [1.54, 1.807) is 30.7 Å². The average molecular weight is 561 g/mol. The van der Waals surface area contributed by atoms with Crippen LogP contribution in [0.3, 0.4) is 0 Å². The van der Waals surface area contributed by atoms with Gasteiger partial charge in [-0.15, -0.1) is 0 Å². The molecule has 0 unspecified atom stereocenters. The van der Waals surface area contributed by atoms with Gasteiger partial charge < -0.3 is 29.5 Å². The van der Waals surface area contributed by atoms with E-state index in [4.69, 9.17) is 18.9 Å². The summed E-state index contributed by atoms with van der Waals surface area (Å²) in [5.41, 5.74) is 1.63. The van der Waals surface area contributed by atoms with E-state index in [2.05, 4.69) is 25.6 Å². The fourth-order valence-corrected chi connectivity index (χ4v) is 5.17. The first-order chi connectivity index (χ1) is 20.0. The molecule has 4 aromatic rings. The summed E-state index contributed by atoms with van der Waals surface area (Å²) in [5.74, 6) is 1.19. The zero-order valence-electron chi connectivity index (χ0n) is 22.9. The number of rotatable bonds is 8. The predicted octanol–water partition coefficient (Wildman–Crippen LogP) is 5.38. The maximum atomic E-state index is 13.7. The molecule has 0 spiro atoms. The molecular formula is C30H33FN6O4. The Kier molecular flexibility index (Phi) is 7.80. The minimum atomic E-state index is -0.808. The molecule has 0 bridgehead atoms. The van der Waals surface area contributed by atoms with Crippen LogP contribution in [-0.2, 0) is 20.8 Å². The second kappa shape index (κ2) is 11.8. The summed E-state index contributed by atoms with van der Waals surface area (Å²) >= 11 is 0. The summed E-state index contributed by atoms with van der Waals surface area (Å²) in [4.78, 5) is 30.2. The lowest BCUT2D eigenvalue weighted by atomic mass is 9.89. The number of amides is 1. The number of imidazole rings is 1. The summed E-state index contributed by atoms with van der Waals surface area (Å²) in [5, 5.41) is 6.35. The molecule has 6 rings (SSSR count). The molecule has 214 valence electrons. The van der Waals surface area contributed by atoms with Crippen molar-refractivity contribution in [2.45, 2.75) is 57.9 Å². The van der Waals surface area contributed by atoms with Crippen molar-refractivity contribution in [1.82, 2.24) is 25.3 Å². The van der Waals surface area contributed by atoms with Crippen LogP contribution in [0, 0.1) is 11.2 Å². The third-order valence-electron chi connectivity index (χ3n) is 7.57. The van der Waals surface area contributed by atoms with Gasteiger partial charge in [-0.2, -0.15) is 0 Å². The van der Waals surface area contributed by atoms with Gasteiger partial charge >= 0.3 is 0 Å². The Morgan fingerprint density at radius 2 is 1.85 bits per heavy atom. The lowest BCUT2D eigenvalue weighted by Gasteiger charge is -2.37. The maximum absolute atomic E-state index is 13.7. The van der Waals surface area contributed by atoms with Crippen LogP contribution in [0.4, 0.5) is 10.3 Å². The summed E-state index contributed by atoms with van der Waals surface area (Å²) in [7, 11) is 0. The highest BCUT2D eigenvalue weighted by atomic mass is 19.1. The number of hydrogen-bond donors (Lipinski definition) is 3. The van der Waals surface area contributed by atoms with Crippen LogP contribution in [0.25, 0.3) is 22.6 Å². The average Bonchev–Trinajstić information content (AvgIpc) is 3.69. The minimum absolute atomic E-state index is 0.0504. The number of ether oxygens (including phenoxy) is 2. The third kappa shape index (κ3) is 6.15. The molecule has 0 radical (unpaired) electrons. The Morgan fingerprint density at radius 1 is 1.07 bits per heavy atom. The number of H-pyrrole nitrogens is 1. The quantitative estimate of drug-likeness (QED) is 0.262. The number of halogens is 1. The Balaban J connectivity index is 1.22. The van der Waals surface area contributed by atoms with Crippen molar-refractivity contribution in [1.29, 1.82) is 0 Å². The third-order valence-corrected chi connectivity index (χ3v) is 7.57. The van der Waals surface area contributed by atoms with Crippen LogP contribution in [-0.4, -0.2) is 45.1 Å². The summed E-state index contributed by atoms with van der Waals surface area (Å²) < 4.78 is 31.2. The largest absolute Gasteiger partial charge is 0.467 e. The van der Waals surface area contributed by atoms with Crippen LogP contribution in [0.15, 0.2) is 59.3 Å². The van der Waals surface area contributed by atoms with Gasteiger partial charge in [-0.3, -0.25) is 4.79 Å². The van der Waals surface area contributed by atoms with Crippen molar-refractivity contribution < 1.29 is 23.1 Å². The van der Waals surface area contributed by atoms with Crippen LogP contribution in [0.2, 0.25) is 0 Å². The fourth-order valence-electron chi connectivity index (χ4n) is 5.17. The molecule has 11 heteroatoms. The number of nitrogens with one attached hydrogen (secondary N) is 3. The molecule has 4 heterocycles. The predicted molar refractivity (Wildman–Crippen MR) is 149 cm³/mol. The molecule has 1 saturated carbocycles. The van der Waals surface area contributed by atoms with Gasteiger partial charge in [-0.25, -0.2) is 19.3 Å². The van der Waals surface area contributed by atoms with Gasteiger partial charge in [0.05, 0.1) is 48.5 Å². The molecule has 10 nitrogen and oxygen atoms in total. The topological polar surface area (TPSA) is 127 Å². The van der Waals surface area contributed by atoms with Gasteiger partial charge in [0, 0.05) is 17.8 Å². The molecule has 1 saturated heterocycles. The first-order valence-electron chi connectivity index (χ1n) is 14.0. The molecule has 1 aromatic carbocycles. The van der Waals surface area contributed by atoms with E-state index >= 15 is 0 Å². The number of anilines is 1. The molecular weight excluding hydrogens is 527 g/mol. The number of benzene rings is 1. The molecule has 0 atom stereocenters. The zero-order chi connectivity index (χ0) is 28.2. The summed E-state index contributed by atoms with van der Waals surface area (Å²) in [6.45, 7) is 2.66. The second-order valence-corrected chi connectivity index (χ2v) is 10.9. The Hall–Kier alpha value is -4.09. The van der Waals surface area contributed by atoms with E-state index in [0.29, 0.717) is 41.0 Å². The van der Waals surface area contributed by atoms with E-state index in [0.717, 1.165) is 31.4 Å². The molecule has 3 N–H and O–H groups in total. The van der Waals surface area contributed by atoms with Gasteiger partial charge in [-0.1, -0.05) is 19.3 Å². The van der Waals surface area contributed by atoms with Gasteiger partial charge in [0.15, 0.2) is 5.82 Å². The van der Waals surface area contributed by atoms with E-state index in [1.807, 2.05) is 19.1 Å². The van der Waals surface area contributed by atoms with Gasteiger partial charge in [0.25, 0.3) is 0 Å². The van der Waals surface area contributed by atoms with Gasteiger partial charge in [-0.05, 0) is 62.2 Å². The molecule has 3 aromatic heterocycles. The Bertz CT molecular complexity index is 1460. The number of aromatic nitrogens is 4. The fraction of sp³-hybridized carbons (Fsp3) is 0.400. The number of aromatic amines is 1. The van der Waals surface area contributed by atoms with Crippen molar-refractivity contribution >= 4 is 11.9 Å². The van der Waals surface area contributed by atoms with Crippen LogP contribution < -0.4 is 10.6 Å². The highest BCUT2D eigenvalue weighted by Gasteiger charge is 2.41. The molecule has 2 aliphatic rings. The summed E-state index contributed by atoms with van der Waals surface area (Å²) in [6, 6.07) is 11.7. The van der Waals surface area contributed by atoms with Crippen LogP contribution >= 0.6 is 0 Å². The number of hydrogen-bond acceptors (Lipinski definition) is 8. The first kappa shape index (κ1) is 27.1. The monoisotopic (exact) mass is 560 g/mol. The minimum Gasteiger partial charge on any atom is -0.467 e. The highest BCUT2D eigenvalue weighted by Crippen LogP contribution is 2.36. The van der Waals surface area contributed by atoms with Crippen molar-refractivity contribution in [2.75, 3.05) is 18.5 Å². The lowest BCUT2D eigenvalue weighted by molar-refractivity contribution is -0.231. The Morgan fingerprint density at radius 3 is 2.59 bits per heavy atom. The van der Waals surface area contributed by atoms with E-state index < -0.39 is 11.7 Å². The van der Waals surface area contributed by atoms with Crippen LogP contribution in [0.5, 0.6) is 0 Å². The van der Waals surface area contributed by atoms with E-state index in [1.165, 1.54) is 18.6 Å². The first-order valence-corrected chi connectivity index (χ1v) is 14.0. The molecule has 1 amide bonds. The van der Waals surface area contributed by atoms with Gasteiger partial charge in [0.2, 0.25) is 18.1 Å². The molecule has 41 heavy (non-hydrogen) atoms. The number of furan rings is 1. The maximum Gasteiger partial charge on any atom is 0.230 e. The Labute approximate surface area is 237 Å².